The molecule has 0 saturated heterocycles. The Balaban J connectivity index is 1.58. The van der Waals surface area contributed by atoms with Crippen LogP contribution >= 0.6 is 11.8 Å². The molecule has 0 radical (unpaired) electrons. The molecule has 3 rings (SSSR count). The van der Waals surface area contributed by atoms with Gasteiger partial charge in [-0.15, -0.1) is 11.8 Å². The maximum atomic E-state index is 12.2. The second-order valence-electron chi connectivity index (χ2n) is 5.38. The summed E-state index contributed by atoms with van der Waals surface area (Å²) in [5.41, 5.74) is 1.90. The lowest BCUT2D eigenvalue weighted by atomic mass is 10.2. The van der Waals surface area contributed by atoms with Crippen molar-refractivity contribution in [2.24, 2.45) is 0 Å². The number of hydrogen-bond donors (Lipinski definition) is 1. The summed E-state index contributed by atoms with van der Waals surface area (Å²) in [7, 11) is 0. The number of benzene rings is 2. The SMILES string of the molecule is CSc1ccccc1NC(=O)CCc1ccc(-c2ccccc2)o1. The minimum Gasteiger partial charge on any atom is -0.461 e. The Labute approximate surface area is 146 Å². The molecule has 0 aliphatic heterocycles. The third kappa shape index (κ3) is 4.09. The second kappa shape index (κ2) is 7.88. The van der Waals surface area contributed by atoms with E-state index in [1.807, 2.05) is 73.0 Å². The minimum atomic E-state index is -0.00541. The average Bonchev–Trinajstić information content (AvgIpc) is 3.10. The fourth-order valence-corrected chi connectivity index (χ4v) is 3.02. The zero-order valence-electron chi connectivity index (χ0n) is 13.5. The summed E-state index contributed by atoms with van der Waals surface area (Å²) in [5.74, 6) is 1.65. The molecule has 1 N–H and O–H groups in total. The van der Waals surface area contributed by atoms with Crippen molar-refractivity contribution < 1.29 is 9.21 Å². The maximum absolute atomic E-state index is 12.2. The number of carbonyl (C=O) groups excluding carboxylic acids is 1. The van der Waals surface area contributed by atoms with E-state index in [4.69, 9.17) is 4.42 Å². The van der Waals surface area contributed by atoms with Crippen molar-refractivity contribution in [2.75, 3.05) is 11.6 Å². The van der Waals surface area contributed by atoms with Crippen LogP contribution in [0.3, 0.4) is 0 Å². The number of rotatable bonds is 6. The Morgan fingerprint density at radius 1 is 1.00 bits per heavy atom. The summed E-state index contributed by atoms with van der Waals surface area (Å²) < 4.78 is 5.83. The van der Waals surface area contributed by atoms with E-state index in [1.54, 1.807) is 11.8 Å². The van der Waals surface area contributed by atoms with E-state index in [1.165, 1.54) is 0 Å². The predicted molar refractivity (Wildman–Crippen MR) is 99.3 cm³/mol. The largest absolute Gasteiger partial charge is 0.461 e. The molecule has 0 aliphatic carbocycles. The van der Waals surface area contributed by atoms with Crippen molar-refractivity contribution in [3.63, 3.8) is 0 Å². The molecule has 0 unspecified atom stereocenters. The first kappa shape index (κ1) is 16.4. The molecule has 0 bridgehead atoms. The molecule has 0 fully saturated rings. The minimum absolute atomic E-state index is 0.00541. The third-order valence-electron chi connectivity index (χ3n) is 3.70. The number of hydrogen-bond acceptors (Lipinski definition) is 3. The third-order valence-corrected chi connectivity index (χ3v) is 4.50. The number of thioether (sulfide) groups is 1. The number of furan rings is 1. The number of carbonyl (C=O) groups is 1. The Morgan fingerprint density at radius 2 is 1.75 bits per heavy atom. The lowest BCUT2D eigenvalue weighted by Crippen LogP contribution is -2.12. The fourth-order valence-electron chi connectivity index (χ4n) is 2.47. The van der Waals surface area contributed by atoms with Gasteiger partial charge in [0.25, 0.3) is 0 Å². The van der Waals surface area contributed by atoms with Gasteiger partial charge in [0.05, 0.1) is 5.69 Å². The van der Waals surface area contributed by atoms with Gasteiger partial charge in [-0.3, -0.25) is 4.79 Å². The van der Waals surface area contributed by atoms with Crippen molar-refractivity contribution in [2.45, 2.75) is 17.7 Å². The zero-order valence-corrected chi connectivity index (χ0v) is 14.3. The van der Waals surface area contributed by atoms with E-state index >= 15 is 0 Å². The molecule has 24 heavy (non-hydrogen) atoms. The molecular weight excluding hydrogens is 318 g/mol. The van der Waals surface area contributed by atoms with Crippen LogP contribution < -0.4 is 5.32 Å². The Hall–Kier alpha value is -2.46. The van der Waals surface area contributed by atoms with E-state index in [0.29, 0.717) is 12.8 Å². The van der Waals surface area contributed by atoms with Crippen molar-refractivity contribution in [3.8, 4) is 11.3 Å². The number of anilines is 1. The predicted octanol–water partition coefficient (Wildman–Crippen LogP) is 5.24. The molecule has 1 aromatic heterocycles. The highest BCUT2D eigenvalue weighted by Gasteiger charge is 2.09. The first-order valence-corrected chi connectivity index (χ1v) is 9.06. The Kier molecular flexibility index (Phi) is 5.39. The van der Waals surface area contributed by atoms with Gasteiger partial charge in [-0.2, -0.15) is 0 Å². The van der Waals surface area contributed by atoms with Gasteiger partial charge in [0.2, 0.25) is 5.91 Å². The number of para-hydroxylation sites is 1. The number of aryl methyl sites for hydroxylation is 1. The van der Waals surface area contributed by atoms with E-state index in [0.717, 1.165) is 27.7 Å². The molecule has 0 saturated carbocycles. The Bertz CT molecular complexity index is 811. The van der Waals surface area contributed by atoms with Gasteiger partial charge in [0, 0.05) is 23.3 Å². The van der Waals surface area contributed by atoms with Crippen molar-refractivity contribution >= 4 is 23.4 Å². The Morgan fingerprint density at radius 3 is 2.54 bits per heavy atom. The standard InChI is InChI=1S/C20H19NO2S/c1-24-19-10-6-5-9-17(19)21-20(22)14-12-16-11-13-18(23-16)15-7-3-2-4-8-15/h2-11,13H,12,14H2,1H3,(H,21,22). The fraction of sp³-hybridized carbons (Fsp3) is 0.150. The first-order chi connectivity index (χ1) is 11.8. The van der Waals surface area contributed by atoms with Crippen LogP contribution in [0.25, 0.3) is 11.3 Å². The molecule has 3 aromatic rings. The van der Waals surface area contributed by atoms with E-state index in [2.05, 4.69) is 5.32 Å². The molecular formula is C20H19NO2S. The van der Waals surface area contributed by atoms with Crippen LogP contribution in [-0.4, -0.2) is 12.2 Å². The summed E-state index contributed by atoms with van der Waals surface area (Å²) >= 11 is 1.62. The highest BCUT2D eigenvalue weighted by atomic mass is 32.2. The number of amides is 1. The van der Waals surface area contributed by atoms with Gasteiger partial charge in [-0.1, -0.05) is 42.5 Å². The second-order valence-corrected chi connectivity index (χ2v) is 6.23. The molecule has 4 heteroatoms. The molecule has 2 aromatic carbocycles. The lowest BCUT2D eigenvalue weighted by Gasteiger charge is -2.08. The van der Waals surface area contributed by atoms with Crippen LogP contribution in [-0.2, 0) is 11.2 Å². The lowest BCUT2D eigenvalue weighted by molar-refractivity contribution is -0.116. The van der Waals surface area contributed by atoms with Gasteiger partial charge in [-0.25, -0.2) is 0 Å². The normalized spacial score (nSPS) is 10.5. The van der Waals surface area contributed by atoms with Crippen LogP contribution in [0, 0.1) is 0 Å². The number of nitrogens with one attached hydrogen (secondary N) is 1. The van der Waals surface area contributed by atoms with Crippen LogP contribution in [0.15, 0.2) is 76.0 Å². The smallest absolute Gasteiger partial charge is 0.224 e. The zero-order chi connectivity index (χ0) is 16.8. The highest BCUT2D eigenvalue weighted by molar-refractivity contribution is 7.98. The summed E-state index contributed by atoms with van der Waals surface area (Å²) in [6.07, 6.45) is 2.98. The highest BCUT2D eigenvalue weighted by Crippen LogP contribution is 2.25. The monoisotopic (exact) mass is 337 g/mol. The molecule has 3 nitrogen and oxygen atoms in total. The summed E-state index contributed by atoms with van der Waals surface area (Å²) in [4.78, 5) is 13.2. The first-order valence-electron chi connectivity index (χ1n) is 7.83. The summed E-state index contributed by atoms with van der Waals surface area (Å²) in [6, 6.07) is 21.7. The van der Waals surface area contributed by atoms with E-state index in [-0.39, 0.29) is 5.91 Å². The van der Waals surface area contributed by atoms with Crippen molar-refractivity contribution in [1.29, 1.82) is 0 Å². The van der Waals surface area contributed by atoms with E-state index in [9.17, 15) is 4.79 Å². The van der Waals surface area contributed by atoms with Gasteiger partial charge < -0.3 is 9.73 Å². The average molecular weight is 337 g/mol. The molecule has 0 aliphatic rings. The maximum Gasteiger partial charge on any atom is 0.224 e. The van der Waals surface area contributed by atoms with Gasteiger partial charge in [0.15, 0.2) is 0 Å². The molecule has 1 amide bonds. The van der Waals surface area contributed by atoms with E-state index < -0.39 is 0 Å². The van der Waals surface area contributed by atoms with Crippen LogP contribution in [0.2, 0.25) is 0 Å². The van der Waals surface area contributed by atoms with Crippen molar-refractivity contribution in [3.05, 3.63) is 72.5 Å². The van der Waals surface area contributed by atoms with Crippen LogP contribution in [0.1, 0.15) is 12.2 Å². The summed E-state index contributed by atoms with van der Waals surface area (Å²) in [6.45, 7) is 0. The van der Waals surface area contributed by atoms with Crippen LogP contribution in [0.5, 0.6) is 0 Å². The molecule has 0 atom stereocenters. The topological polar surface area (TPSA) is 42.2 Å². The summed E-state index contributed by atoms with van der Waals surface area (Å²) in [5, 5.41) is 2.97. The van der Waals surface area contributed by atoms with Gasteiger partial charge in [0.1, 0.15) is 11.5 Å². The molecule has 0 spiro atoms. The van der Waals surface area contributed by atoms with Gasteiger partial charge >= 0.3 is 0 Å². The van der Waals surface area contributed by atoms with Crippen molar-refractivity contribution in [1.82, 2.24) is 0 Å². The van der Waals surface area contributed by atoms with Crippen LogP contribution in [0.4, 0.5) is 5.69 Å². The van der Waals surface area contributed by atoms with Gasteiger partial charge in [-0.05, 0) is 30.5 Å². The quantitative estimate of drug-likeness (QED) is 0.625. The molecule has 122 valence electrons. The molecule has 1 heterocycles.